The number of rotatable bonds is 43. The molecule has 4 aromatic rings. The first kappa shape index (κ1) is 152. The van der Waals surface area contributed by atoms with E-state index in [0.717, 1.165) is 26.8 Å². The maximum atomic E-state index is 11.9. The summed E-state index contributed by atoms with van der Waals surface area (Å²) in [6.07, 6.45) is 12.6. The molecule has 764 valence electrons. The minimum Gasteiger partial charge on any atom is -0.481 e. The molecule has 0 spiro atoms. The summed E-state index contributed by atoms with van der Waals surface area (Å²) in [5, 5.41) is 36.9. The minimum absolute atomic E-state index is 0. The highest BCUT2D eigenvalue weighted by Crippen LogP contribution is 2.20. The van der Waals surface area contributed by atoms with E-state index in [0.29, 0.717) is 113 Å². The first-order valence-electron chi connectivity index (χ1n) is 39.4. The van der Waals surface area contributed by atoms with E-state index >= 15 is 0 Å². The number of amides is 2. The second-order valence-electron chi connectivity index (χ2n) is 27.0. The summed E-state index contributed by atoms with van der Waals surface area (Å²) in [5.41, 5.74) is 17.3. The summed E-state index contributed by atoms with van der Waals surface area (Å²) >= 11 is 3.30. The van der Waals surface area contributed by atoms with Crippen molar-refractivity contribution in [2.75, 3.05) is 130 Å². The maximum Gasteiger partial charge on any atom is 0.338 e. The number of ether oxygens (including phenoxy) is 11. The van der Waals surface area contributed by atoms with Crippen molar-refractivity contribution >= 4 is 160 Å². The van der Waals surface area contributed by atoms with Crippen molar-refractivity contribution < 1.29 is 140 Å². The van der Waals surface area contributed by atoms with Gasteiger partial charge in [-0.1, -0.05) is 131 Å². The number of aliphatic hydroxyl groups excluding tert-OH is 1. The lowest BCUT2D eigenvalue weighted by Crippen LogP contribution is -2.40. The summed E-state index contributed by atoms with van der Waals surface area (Å²) in [6.45, 7) is 45.1. The zero-order valence-electron chi connectivity index (χ0n) is 80.2. The number of hydroxylamine groups is 5. The van der Waals surface area contributed by atoms with Crippen molar-refractivity contribution in [3.63, 3.8) is 0 Å². The number of nitrogens with two attached hydrogens (primary N) is 2. The second-order valence-corrected chi connectivity index (χ2v) is 27.5. The van der Waals surface area contributed by atoms with Crippen molar-refractivity contribution in [1.29, 1.82) is 0 Å². The van der Waals surface area contributed by atoms with E-state index in [4.69, 9.17) is 74.6 Å². The van der Waals surface area contributed by atoms with Crippen molar-refractivity contribution in [3.8, 4) is 0 Å². The van der Waals surface area contributed by atoms with Gasteiger partial charge in [0.05, 0.1) is 175 Å². The largest absolute Gasteiger partial charge is 0.481 e. The van der Waals surface area contributed by atoms with E-state index in [-0.39, 0.29) is 153 Å². The highest BCUT2D eigenvalue weighted by Gasteiger charge is 2.28. The maximum absolute atomic E-state index is 11.9. The zero-order chi connectivity index (χ0) is 98.7. The lowest BCUT2D eigenvalue weighted by molar-refractivity contribution is -0.176. The molecule has 2 amide bonds. The van der Waals surface area contributed by atoms with Crippen LogP contribution in [0.5, 0.6) is 0 Å². The molecule has 9 N–H and O–H groups in total. The van der Waals surface area contributed by atoms with E-state index in [1.54, 1.807) is 142 Å². The molecule has 0 fully saturated rings. The van der Waals surface area contributed by atoms with Crippen molar-refractivity contribution in [3.05, 3.63) is 230 Å². The Labute approximate surface area is 836 Å². The monoisotopic (exact) mass is 2070 g/mol. The predicted molar refractivity (Wildman–Crippen MR) is 546 cm³/mol. The summed E-state index contributed by atoms with van der Waals surface area (Å²) in [6, 6.07) is 27.4. The van der Waals surface area contributed by atoms with Crippen LogP contribution in [-0.2, 0) is 119 Å². The number of hydrogen-bond acceptors (Lipinski definition) is 29. The zero-order valence-corrected chi connectivity index (χ0v) is 87.4. The number of nitrogens with zero attached hydrogens (tertiary/aromatic N) is 2. The quantitative estimate of drug-likeness (QED) is 0.00540. The van der Waals surface area contributed by atoms with Crippen LogP contribution in [0.15, 0.2) is 186 Å². The molecule has 0 heterocycles. The number of esters is 6. The van der Waals surface area contributed by atoms with Gasteiger partial charge in [0.2, 0.25) is 5.91 Å². The number of halogens is 3. The number of likely N-dealkylation sites (N-methyl/N-ethyl adjacent to an activating group) is 1. The second kappa shape index (κ2) is 101. The number of aromatic carboxylic acids is 1. The number of carbonyl (C=O) groups is 11. The van der Waals surface area contributed by atoms with Crippen LogP contribution in [0.1, 0.15) is 158 Å². The SMILES string of the molecule is C=CCOCCO.C=CCOCCOCc1ccccc1C(=O)O.C=CCOCCOCc1ccccc1C(=O)OC.C=CC[C@H](CC(=O)OC(C)(C)C)C(=O)N(C)OC.C=CC[C@H](CC(=O)OC(C)(C)C)C(=O)O.C=CC[C@H](N)C(=O)N(C)OC.C=CC[C@H](N)C(=O)O.CCOC(C)=O.CNOC.COC(=O)c1ccccc1C.COC(=O)c1ccccc1CBr.Cl.Cl.S.S.S.S. The topological polar surface area (TPSA) is 468 Å². The molecule has 0 aromatic heterocycles. The Hall–Kier alpha value is -8.79. The number of alkyl halides is 1. The molecule has 0 unspecified atom stereocenters. The molecule has 0 saturated carbocycles. The average Bonchev–Trinajstić information content (AvgIpc) is 0.861. The average molecular weight is 2070 g/mol. The Kier molecular flexibility index (Phi) is 115. The first-order chi connectivity index (χ1) is 60.0. The van der Waals surface area contributed by atoms with Gasteiger partial charge in [-0.05, 0) is 128 Å². The van der Waals surface area contributed by atoms with Crippen LogP contribution in [-0.4, -0.2) is 249 Å². The summed E-state index contributed by atoms with van der Waals surface area (Å²) < 4.78 is 54.4. The summed E-state index contributed by atoms with van der Waals surface area (Å²) in [4.78, 5) is 135. The Morgan fingerprint density at radius 1 is 0.466 bits per heavy atom. The number of aliphatic carboxylic acids is 2. The van der Waals surface area contributed by atoms with E-state index < -0.39 is 65.0 Å². The van der Waals surface area contributed by atoms with Gasteiger partial charge < -0.3 is 88.8 Å². The van der Waals surface area contributed by atoms with E-state index in [2.05, 4.69) is 91.3 Å². The van der Waals surface area contributed by atoms with Crippen molar-refractivity contribution in [2.45, 2.75) is 143 Å². The van der Waals surface area contributed by atoms with Crippen LogP contribution in [0.4, 0.5) is 0 Å². The van der Waals surface area contributed by atoms with Crippen molar-refractivity contribution in [1.82, 2.24) is 15.6 Å². The summed E-state index contributed by atoms with van der Waals surface area (Å²) in [5.74, 6) is -6.67. The number of carboxylic acid groups (broad SMARTS) is 3. The molecule has 0 bridgehead atoms. The summed E-state index contributed by atoms with van der Waals surface area (Å²) in [7, 11) is 13.2. The molecule has 0 aliphatic heterocycles. The van der Waals surface area contributed by atoms with E-state index in [1.807, 2.05) is 55.5 Å². The van der Waals surface area contributed by atoms with Gasteiger partial charge >= 0.3 is 53.7 Å². The number of nitrogens with one attached hydrogen (secondary N) is 1. The number of benzene rings is 4. The third-order valence-corrected chi connectivity index (χ3v) is 15.1. The molecule has 0 aliphatic rings. The number of methoxy groups -OCH3 is 3. The Morgan fingerprint density at radius 2 is 0.789 bits per heavy atom. The molecular weight excluding hydrogens is 1920 g/mol. The third kappa shape index (κ3) is 90.8. The van der Waals surface area contributed by atoms with Gasteiger partial charge in [-0.2, -0.15) is 54.0 Å². The van der Waals surface area contributed by atoms with E-state index in [9.17, 15) is 52.7 Å². The first-order valence-corrected chi connectivity index (χ1v) is 40.6. The standard InChI is InChI=1S/C14H18O4.C13H23NO4.C13H16O4.C11H18O4.C9H9BrO2.C9H10O2.C7H14N2O2.C5H9NO2.C5H10O2.C4H8O2.C2H7NO.2ClH.4H2S/c1-3-8-17-9-10-18-11-12-6-4-5-7-13(12)14(15)16-2;1-7-8-10(12(16)14(5)17-6)9-11(15)18-13(2,3)4;1-2-7-16-8-9-17-10-11-5-3-4-6-12(11)13(14)15;1-5-6-8(10(13)14)7-9(12)15-11(2,3)4;1-12-9(11)8-5-3-2-4-7(8)6-10;1-7-5-3-4-6-8(7)9(10)11-2;1-4-5-6(8)7(10)9(2)11-3;1-2-3-4(6)5(7)8;1-2-4-7-5-3-6;1-3-6-4(2)5;1-3-4-2;;;;;;/h3-7H,1,8-11H2,2H3;7,10H,1,8-9H2,2-6H3;2-6H,1,7-10H2,(H,14,15);5,8H,1,6-7H2,2-4H3,(H,13,14);2-5H,6H2,1H3;3-6H,1-2H3;4,6H,1,5,8H2,2-3H3;2,4H,1,3,6H2,(H,7,8);2,6H,1,3-5H2;3H2,1-2H3;3H,1-2H3;2*1H;4*1H2/t;10-;;8-;;;6-;4-;;;;;;;;;/m.1.1..00........./s1. The number of aliphatic hydroxyl groups is 1. The van der Waals surface area contributed by atoms with Crippen LogP contribution in [0, 0.1) is 18.8 Å². The fraction of sp³-hybridized carbons (Fsp3) is 0.467. The van der Waals surface area contributed by atoms with Crippen LogP contribution < -0.4 is 16.9 Å². The van der Waals surface area contributed by atoms with Crippen LogP contribution in [0.25, 0.3) is 0 Å². The van der Waals surface area contributed by atoms with Gasteiger partial charge in [0.25, 0.3) is 5.91 Å². The van der Waals surface area contributed by atoms with Gasteiger partial charge in [-0.25, -0.2) is 34.8 Å². The normalized spacial score (nSPS) is 10.3. The number of allylic oxidation sites excluding steroid dienone is 2. The van der Waals surface area contributed by atoms with Crippen LogP contribution in [0.3, 0.4) is 0 Å². The predicted octanol–water partition coefficient (Wildman–Crippen LogP) is 14.1. The highest BCUT2D eigenvalue weighted by molar-refractivity contribution is 9.08. The van der Waals surface area contributed by atoms with Gasteiger partial charge in [-0.15, -0.1) is 70.9 Å². The number of carbonyl (C=O) groups excluding carboxylic acids is 8. The Balaban J connectivity index is -0.000000110. The molecule has 4 atom stereocenters. The molecule has 41 heteroatoms. The van der Waals surface area contributed by atoms with Gasteiger partial charge in [0.1, 0.15) is 17.2 Å². The molecule has 0 saturated heterocycles. The number of hydrogen-bond donors (Lipinski definition) is 7. The fourth-order valence-corrected chi connectivity index (χ4v) is 8.87. The lowest BCUT2D eigenvalue weighted by Gasteiger charge is -2.23. The molecule has 4 aromatic carbocycles. The minimum atomic E-state index is -0.999. The third-order valence-electron chi connectivity index (χ3n) is 14.5. The van der Waals surface area contributed by atoms with Crippen molar-refractivity contribution in [2.24, 2.45) is 23.3 Å². The van der Waals surface area contributed by atoms with Gasteiger partial charge in [0.15, 0.2) is 0 Å². The number of aryl methyl sites for hydroxylation is 1. The highest BCUT2D eigenvalue weighted by atomic mass is 79.9. The fourth-order valence-electron chi connectivity index (χ4n) is 8.38. The Morgan fingerprint density at radius 3 is 1.10 bits per heavy atom. The lowest BCUT2D eigenvalue weighted by atomic mass is 10.0. The molecule has 0 radical (unpaired) electrons. The Bertz CT molecular complexity index is 3790. The number of carboxylic acids is 3. The van der Waals surface area contributed by atoms with E-state index in [1.165, 1.54) is 68.7 Å². The molecule has 4 rings (SSSR count). The molecular formula is C92H152BrCl2N5O29S4. The molecule has 0 aliphatic carbocycles. The van der Waals surface area contributed by atoms with Crippen LogP contribution in [0.2, 0.25) is 0 Å². The molecule has 133 heavy (non-hydrogen) atoms. The molecule has 34 nitrogen and oxygen atoms in total. The van der Waals surface area contributed by atoms with Crippen LogP contribution >= 0.6 is 94.7 Å². The smallest absolute Gasteiger partial charge is 0.338 e. The van der Waals surface area contributed by atoms with Gasteiger partial charge in [0, 0.05) is 33.4 Å². The van der Waals surface area contributed by atoms with Gasteiger partial charge in [-0.3, -0.25) is 43.2 Å².